The van der Waals surface area contributed by atoms with E-state index in [0.717, 1.165) is 21.9 Å². The van der Waals surface area contributed by atoms with Crippen LogP contribution in [0, 0.1) is 23.2 Å². The average Bonchev–Trinajstić information content (AvgIpc) is 2.82. The standard InChI is InChI=1S/C29H17N/c30-20-22-10-8-9-21(19-22)17-18-26-24-13-4-6-15-27(24)29(23-11-2-1-3-12-23)28-16-7-5-14-25(26)28/h1-16,19H. The van der Waals surface area contributed by atoms with Crippen molar-refractivity contribution in [3.63, 3.8) is 0 Å². The van der Waals surface area contributed by atoms with Crippen molar-refractivity contribution in [2.45, 2.75) is 0 Å². The van der Waals surface area contributed by atoms with Crippen molar-refractivity contribution >= 4 is 21.5 Å². The fourth-order valence-corrected chi connectivity index (χ4v) is 3.98. The second kappa shape index (κ2) is 7.59. The van der Waals surface area contributed by atoms with Gasteiger partial charge in [-0.2, -0.15) is 5.26 Å². The number of hydrogen-bond acceptors (Lipinski definition) is 1. The second-order valence-corrected chi connectivity index (χ2v) is 7.15. The van der Waals surface area contributed by atoms with E-state index in [0.29, 0.717) is 5.56 Å². The molecule has 0 aliphatic carbocycles. The third-order valence-corrected chi connectivity index (χ3v) is 5.32. The molecule has 5 aromatic carbocycles. The van der Waals surface area contributed by atoms with Crippen LogP contribution in [0.2, 0.25) is 0 Å². The molecular formula is C29H17N. The Morgan fingerprint density at radius 1 is 0.500 bits per heavy atom. The van der Waals surface area contributed by atoms with Crippen LogP contribution in [-0.2, 0) is 0 Å². The molecule has 0 fully saturated rings. The summed E-state index contributed by atoms with van der Waals surface area (Å²) in [6, 6.07) is 37.1. The van der Waals surface area contributed by atoms with Crippen LogP contribution >= 0.6 is 0 Å². The predicted molar refractivity (Wildman–Crippen MR) is 124 cm³/mol. The highest BCUT2D eigenvalue weighted by atomic mass is 14.2. The second-order valence-electron chi connectivity index (χ2n) is 7.15. The number of hydrogen-bond donors (Lipinski definition) is 0. The number of rotatable bonds is 1. The van der Waals surface area contributed by atoms with Gasteiger partial charge in [0.25, 0.3) is 0 Å². The first-order valence-corrected chi connectivity index (χ1v) is 9.86. The summed E-state index contributed by atoms with van der Waals surface area (Å²) in [6.45, 7) is 0. The molecule has 1 nitrogen and oxygen atoms in total. The summed E-state index contributed by atoms with van der Waals surface area (Å²) in [4.78, 5) is 0. The van der Waals surface area contributed by atoms with E-state index >= 15 is 0 Å². The first-order valence-electron chi connectivity index (χ1n) is 9.86. The maximum Gasteiger partial charge on any atom is 0.0992 e. The van der Waals surface area contributed by atoms with Crippen molar-refractivity contribution in [1.82, 2.24) is 0 Å². The number of nitriles is 1. The highest BCUT2D eigenvalue weighted by Crippen LogP contribution is 2.38. The Balaban J connectivity index is 1.84. The van der Waals surface area contributed by atoms with E-state index in [9.17, 15) is 5.26 Å². The fraction of sp³-hybridized carbons (Fsp3) is 0. The molecule has 0 amide bonds. The lowest BCUT2D eigenvalue weighted by atomic mass is 9.88. The molecule has 1 heteroatoms. The molecule has 0 aliphatic rings. The van der Waals surface area contributed by atoms with Crippen LogP contribution in [0.25, 0.3) is 32.7 Å². The van der Waals surface area contributed by atoms with Gasteiger partial charge in [0, 0.05) is 11.1 Å². The Morgan fingerprint density at radius 2 is 1.07 bits per heavy atom. The smallest absolute Gasteiger partial charge is 0.0992 e. The fourth-order valence-electron chi connectivity index (χ4n) is 3.98. The molecule has 0 aromatic heterocycles. The normalized spacial score (nSPS) is 10.4. The van der Waals surface area contributed by atoms with Gasteiger partial charge in [-0.25, -0.2) is 0 Å². The van der Waals surface area contributed by atoms with Crippen molar-refractivity contribution < 1.29 is 0 Å². The lowest BCUT2D eigenvalue weighted by molar-refractivity contribution is 1.48. The third kappa shape index (κ3) is 3.10. The highest BCUT2D eigenvalue weighted by Gasteiger charge is 2.13. The molecule has 0 N–H and O–H groups in total. The van der Waals surface area contributed by atoms with Crippen LogP contribution in [-0.4, -0.2) is 0 Å². The lowest BCUT2D eigenvalue weighted by Gasteiger charge is -2.14. The van der Waals surface area contributed by atoms with Gasteiger partial charge < -0.3 is 0 Å². The molecular weight excluding hydrogens is 362 g/mol. The van der Waals surface area contributed by atoms with E-state index in [-0.39, 0.29) is 0 Å². The van der Waals surface area contributed by atoms with Gasteiger partial charge in [-0.05, 0) is 50.9 Å². The molecule has 138 valence electrons. The summed E-state index contributed by atoms with van der Waals surface area (Å²) >= 11 is 0. The Hall–Kier alpha value is -4.33. The Bertz CT molecular complexity index is 1440. The maximum absolute atomic E-state index is 9.17. The molecule has 0 aliphatic heterocycles. The molecule has 5 aromatic rings. The maximum atomic E-state index is 9.17. The van der Waals surface area contributed by atoms with E-state index < -0.39 is 0 Å². The molecule has 0 heterocycles. The molecule has 0 spiro atoms. The Kier molecular flexibility index (Phi) is 4.49. The summed E-state index contributed by atoms with van der Waals surface area (Å²) in [5, 5.41) is 13.8. The van der Waals surface area contributed by atoms with E-state index in [1.807, 2.05) is 24.3 Å². The van der Waals surface area contributed by atoms with Crippen LogP contribution in [0.15, 0.2) is 103 Å². The Morgan fingerprint density at radius 3 is 1.70 bits per heavy atom. The van der Waals surface area contributed by atoms with Gasteiger partial charge in [0.1, 0.15) is 0 Å². The van der Waals surface area contributed by atoms with Crippen LogP contribution in [0.5, 0.6) is 0 Å². The minimum atomic E-state index is 0.621. The summed E-state index contributed by atoms with van der Waals surface area (Å²) in [6.07, 6.45) is 0. The van der Waals surface area contributed by atoms with Gasteiger partial charge >= 0.3 is 0 Å². The van der Waals surface area contributed by atoms with Crippen LogP contribution in [0.4, 0.5) is 0 Å². The van der Waals surface area contributed by atoms with E-state index in [1.54, 1.807) is 6.07 Å². The van der Waals surface area contributed by atoms with E-state index in [4.69, 9.17) is 0 Å². The number of nitrogens with zero attached hydrogens (tertiary/aromatic N) is 1. The van der Waals surface area contributed by atoms with Crippen LogP contribution < -0.4 is 0 Å². The van der Waals surface area contributed by atoms with Crippen molar-refractivity contribution in [2.75, 3.05) is 0 Å². The Labute approximate surface area is 175 Å². The molecule has 0 unspecified atom stereocenters. The highest BCUT2D eigenvalue weighted by molar-refractivity contribution is 6.16. The first-order chi connectivity index (χ1) is 14.8. The molecule has 0 bridgehead atoms. The third-order valence-electron chi connectivity index (χ3n) is 5.32. The lowest BCUT2D eigenvalue weighted by Crippen LogP contribution is -1.90. The number of fused-ring (bicyclic) bond motifs is 2. The zero-order valence-corrected chi connectivity index (χ0v) is 16.3. The molecule has 0 radical (unpaired) electrons. The summed E-state index contributed by atoms with van der Waals surface area (Å²) in [7, 11) is 0. The van der Waals surface area contributed by atoms with Gasteiger partial charge in [0.05, 0.1) is 11.6 Å². The van der Waals surface area contributed by atoms with Crippen molar-refractivity contribution in [3.8, 4) is 29.0 Å². The van der Waals surface area contributed by atoms with Crippen molar-refractivity contribution in [2.24, 2.45) is 0 Å². The van der Waals surface area contributed by atoms with Gasteiger partial charge in [-0.15, -0.1) is 0 Å². The van der Waals surface area contributed by atoms with Gasteiger partial charge in [0.2, 0.25) is 0 Å². The SMILES string of the molecule is N#Cc1cccc(C#Cc2c3ccccc3c(-c3ccccc3)c3ccccc23)c1. The van der Waals surface area contributed by atoms with Crippen molar-refractivity contribution in [1.29, 1.82) is 5.26 Å². The van der Waals surface area contributed by atoms with Gasteiger partial charge in [0.15, 0.2) is 0 Å². The molecule has 0 saturated heterocycles. The van der Waals surface area contributed by atoms with Crippen molar-refractivity contribution in [3.05, 3.63) is 120 Å². The topological polar surface area (TPSA) is 23.8 Å². The number of benzene rings is 5. The molecule has 30 heavy (non-hydrogen) atoms. The quantitative estimate of drug-likeness (QED) is 0.229. The average molecular weight is 379 g/mol. The van der Waals surface area contributed by atoms with Gasteiger partial charge in [-0.1, -0.05) is 96.8 Å². The van der Waals surface area contributed by atoms with E-state index in [1.165, 1.54) is 21.9 Å². The molecule has 0 saturated carbocycles. The summed E-state index contributed by atoms with van der Waals surface area (Å²) in [5.41, 5.74) is 4.92. The monoisotopic (exact) mass is 379 g/mol. The largest absolute Gasteiger partial charge is 0.192 e. The molecule has 0 atom stereocenters. The summed E-state index contributed by atoms with van der Waals surface area (Å²) in [5.74, 6) is 6.70. The van der Waals surface area contributed by atoms with Gasteiger partial charge in [-0.3, -0.25) is 0 Å². The predicted octanol–water partition coefficient (Wildman–Crippen LogP) is 6.93. The minimum Gasteiger partial charge on any atom is -0.192 e. The molecule has 5 rings (SSSR count). The zero-order chi connectivity index (χ0) is 20.3. The zero-order valence-electron chi connectivity index (χ0n) is 16.3. The minimum absolute atomic E-state index is 0.621. The van der Waals surface area contributed by atoms with Crippen LogP contribution in [0.3, 0.4) is 0 Å². The van der Waals surface area contributed by atoms with Crippen LogP contribution in [0.1, 0.15) is 16.7 Å². The summed E-state index contributed by atoms with van der Waals surface area (Å²) < 4.78 is 0. The van der Waals surface area contributed by atoms with E-state index in [2.05, 4.69) is 90.7 Å². The first kappa shape index (κ1) is 17.7.